The van der Waals surface area contributed by atoms with Gasteiger partial charge in [-0.1, -0.05) is 24.3 Å². The lowest BCUT2D eigenvalue weighted by Gasteiger charge is -2.15. The maximum absolute atomic E-state index is 13.7. The quantitative estimate of drug-likeness (QED) is 0.637. The average molecular weight is 392 g/mol. The molecular formula is C23H21FN2O3. The van der Waals surface area contributed by atoms with Crippen LogP contribution in [0.4, 0.5) is 10.1 Å². The Morgan fingerprint density at radius 2 is 1.93 bits per heavy atom. The molecule has 1 atom stereocenters. The van der Waals surface area contributed by atoms with Crippen LogP contribution in [0, 0.1) is 12.7 Å². The van der Waals surface area contributed by atoms with Gasteiger partial charge in [0, 0.05) is 22.7 Å². The summed E-state index contributed by atoms with van der Waals surface area (Å²) < 4.78 is 19.1. The monoisotopic (exact) mass is 392 g/mol. The van der Waals surface area contributed by atoms with Crippen LogP contribution in [0.2, 0.25) is 0 Å². The summed E-state index contributed by atoms with van der Waals surface area (Å²) >= 11 is 0. The van der Waals surface area contributed by atoms with Crippen LogP contribution < -0.4 is 5.32 Å². The number of esters is 1. The van der Waals surface area contributed by atoms with Crippen LogP contribution in [-0.2, 0) is 9.53 Å². The summed E-state index contributed by atoms with van der Waals surface area (Å²) in [5.41, 5.74) is 2.81. The molecule has 2 aromatic carbocycles. The van der Waals surface area contributed by atoms with Gasteiger partial charge in [-0.3, -0.25) is 9.78 Å². The number of benzene rings is 2. The van der Waals surface area contributed by atoms with Crippen molar-refractivity contribution in [2.24, 2.45) is 0 Å². The van der Waals surface area contributed by atoms with E-state index in [0.29, 0.717) is 28.1 Å². The molecule has 0 spiro atoms. The predicted octanol–water partition coefficient (Wildman–Crippen LogP) is 4.74. The van der Waals surface area contributed by atoms with E-state index < -0.39 is 23.8 Å². The number of carbonyl (C=O) groups is 2. The number of aromatic nitrogens is 1. The molecule has 3 aromatic rings. The zero-order valence-corrected chi connectivity index (χ0v) is 16.2. The maximum Gasteiger partial charge on any atom is 0.339 e. The number of para-hydroxylation sites is 1. The molecule has 0 bridgehead atoms. The highest BCUT2D eigenvalue weighted by Gasteiger charge is 2.28. The molecule has 6 heteroatoms. The fourth-order valence-electron chi connectivity index (χ4n) is 3.15. The Balaban J connectivity index is 1.52. The van der Waals surface area contributed by atoms with E-state index in [0.717, 1.165) is 24.1 Å². The Morgan fingerprint density at radius 1 is 1.17 bits per heavy atom. The van der Waals surface area contributed by atoms with Crippen LogP contribution in [0.25, 0.3) is 10.9 Å². The Hall–Kier alpha value is -3.28. The largest absolute Gasteiger partial charge is 0.449 e. The summed E-state index contributed by atoms with van der Waals surface area (Å²) in [5, 5.41) is 3.26. The third kappa shape index (κ3) is 4.11. The van der Waals surface area contributed by atoms with Crippen molar-refractivity contribution < 1.29 is 18.7 Å². The molecule has 4 rings (SSSR count). The number of halogens is 1. The van der Waals surface area contributed by atoms with E-state index in [-0.39, 0.29) is 0 Å². The van der Waals surface area contributed by atoms with Crippen LogP contribution in [0.3, 0.4) is 0 Å². The summed E-state index contributed by atoms with van der Waals surface area (Å²) in [4.78, 5) is 29.9. The predicted molar refractivity (Wildman–Crippen MR) is 108 cm³/mol. The fourth-order valence-corrected chi connectivity index (χ4v) is 3.15. The van der Waals surface area contributed by atoms with E-state index >= 15 is 0 Å². The molecule has 0 aliphatic heterocycles. The van der Waals surface area contributed by atoms with Gasteiger partial charge in [-0.2, -0.15) is 0 Å². The SMILES string of the molecule is Cc1ccc(NC(=O)[C@@H](C)OC(=O)c2cc(C3CC3)nc3ccccc23)cc1F. The third-order valence-electron chi connectivity index (χ3n) is 5.04. The zero-order chi connectivity index (χ0) is 20.5. The highest BCUT2D eigenvalue weighted by atomic mass is 19.1. The first kappa shape index (κ1) is 19.1. The summed E-state index contributed by atoms with van der Waals surface area (Å²) in [6.07, 6.45) is 1.08. The fraction of sp³-hybridized carbons (Fsp3) is 0.261. The number of aryl methyl sites for hydroxylation is 1. The number of pyridine rings is 1. The minimum absolute atomic E-state index is 0.311. The molecule has 1 aliphatic rings. The molecule has 0 radical (unpaired) electrons. The second-order valence-electron chi connectivity index (χ2n) is 7.39. The number of nitrogens with zero attached hydrogens (tertiary/aromatic N) is 1. The van der Waals surface area contributed by atoms with Crippen molar-refractivity contribution in [3.05, 3.63) is 71.2 Å². The van der Waals surface area contributed by atoms with E-state index in [4.69, 9.17) is 4.74 Å². The molecule has 1 amide bonds. The highest BCUT2D eigenvalue weighted by Crippen LogP contribution is 2.40. The molecule has 1 saturated carbocycles. The van der Waals surface area contributed by atoms with Gasteiger partial charge in [0.1, 0.15) is 5.82 Å². The van der Waals surface area contributed by atoms with Gasteiger partial charge in [0.05, 0.1) is 11.1 Å². The Morgan fingerprint density at radius 3 is 2.66 bits per heavy atom. The second-order valence-corrected chi connectivity index (χ2v) is 7.39. The van der Waals surface area contributed by atoms with Crippen molar-refractivity contribution in [1.82, 2.24) is 4.98 Å². The molecule has 1 fully saturated rings. The average Bonchev–Trinajstić information content (AvgIpc) is 3.55. The van der Waals surface area contributed by atoms with Crippen LogP contribution in [0.15, 0.2) is 48.5 Å². The van der Waals surface area contributed by atoms with E-state index in [2.05, 4.69) is 10.3 Å². The molecule has 1 heterocycles. The summed E-state index contributed by atoms with van der Waals surface area (Å²) in [6, 6.07) is 13.6. The molecule has 0 unspecified atom stereocenters. The molecule has 1 aliphatic carbocycles. The van der Waals surface area contributed by atoms with E-state index in [1.165, 1.54) is 13.0 Å². The van der Waals surface area contributed by atoms with Gasteiger partial charge in [0.2, 0.25) is 0 Å². The first-order valence-corrected chi connectivity index (χ1v) is 9.60. The number of rotatable bonds is 5. The van der Waals surface area contributed by atoms with Crippen molar-refractivity contribution in [3.63, 3.8) is 0 Å². The van der Waals surface area contributed by atoms with Crippen molar-refractivity contribution in [1.29, 1.82) is 0 Å². The Bertz CT molecular complexity index is 1110. The number of anilines is 1. The van der Waals surface area contributed by atoms with Crippen molar-refractivity contribution in [3.8, 4) is 0 Å². The Labute approximate surface area is 167 Å². The molecular weight excluding hydrogens is 371 g/mol. The van der Waals surface area contributed by atoms with Gasteiger partial charge in [-0.25, -0.2) is 9.18 Å². The number of fused-ring (bicyclic) bond motifs is 1. The van der Waals surface area contributed by atoms with Gasteiger partial charge in [-0.15, -0.1) is 0 Å². The zero-order valence-electron chi connectivity index (χ0n) is 16.2. The number of hydrogen-bond acceptors (Lipinski definition) is 4. The van der Waals surface area contributed by atoms with Gasteiger partial charge >= 0.3 is 5.97 Å². The molecule has 5 nitrogen and oxygen atoms in total. The smallest absolute Gasteiger partial charge is 0.339 e. The van der Waals surface area contributed by atoms with Gasteiger partial charge < -0.3 is 10.1 Å². The van der Waals surface area contributed by atoms with E-state index in [1.807, 2.05) is 24.3 Å². The normalized spacial score (nSPS) is 14.4. The van der Waals surface area contributed by atoms with Crippen molar-refractivity contribution >= 4 is 28.5 Å². The third-order valence-corrected chi connectivity index (χ3v) is 5.04. The number of carbonyl (C=O) groups excluding carboxylic acids is 2. The molecule has 29 heavy (non-hydrogen) atoms. The van der Waals surface area contributed by atoms with E-state index in [9.17, 15) is 14.0 Å². The lowest BCUT2D eigenvalue weighted by Crippen LogP contribution is -2.30. The lowest BCUT2D eigenvalue weighted by atomic mass is 10.1. The Kier molecular flexibility index (Phi) is 5.01. The summed E-state index contributed by atoms with van der Waals surface area (Å²) in [5.74, 6) is -1.14. The van der Waals surface area contributed by atoms with E-state index in [1.54, 1.807) is 25.1 Å². The lowest BCUT2D eigenvalue weighted by molar-refractivity contribution is -0.123. The molecule has 148 valence electrons. The van der Waals surface area contributed by atoms with Crippen LogP contribution in [0.5, 0.6) is 0 Å². The van der Waals surface area contributed by atoms with Crippen molar-refractivity contribution in [2.45, 2.75) is 38.7 Å². The topological polar surface area (TPSA) is 68.3 Å². The van der Waals surface area contributed by atoms with Crippen LogP contribution in [0.1, 0.15) is 47.3 Å². The molecule has 1 N–H and O–H groups in total. The van der Waals surface area contributed by atoms with Gasteiger partial charge in [0.25, 0.3) is 5.91 Å². The highest BCUT2D eigenvalue weighted by molar-refractivity contribution is 6.05. The second kappa shape index (κ2) is 7.62. The minimum atomic E-state index is -1.04. The first-order valence-electron chi connectivity index (χ1n) is 9.60. The maximum atomic E-state index is 13.7. The number of hydrogen-bond donors (Lipinski definition) is 1. The van der Waals surface area contributed by atoms with Crippen molar-refractivity contribution in [2.75, 3.05) is 5.32 Å². The van der Waals surface area contributed by atoms with Crippen LogP contribution >= 0.6 is 0 Å². The van der Waals surface area contributed by atoms with Gasteiger partial charge in [0.15, 0.2) is 6.10 Å². The first-order chi connectivity index (χ1) is 13.9. The summed E-state index contributed by atoms with van der Waals surface area (Å²) in [6.45, 7) is 3.13. The summed E-state index contributed by atoms with van der Waals surface area (Å²) in [7, 11) is 0. The number of ether oxygens (including phenoxy) is 1. The standard InChI is InChI=1S/C23H21FN2O3/c1-13-7-10-16(11-19(13)24)25-22(27)14(2)29-23(28)18-12-21(15-8-9-15)26-20-6-4-3-5-17(18)20/h3-7,10-12,14-15H,8-9H2,1-2H3,(H,25,27)/t14-/m1/s1. The number of nitrogens with one attached hydrogen (secondary N) is 1. The minimum Gasteiger partial charge on any atom is -0.449 e. The molecule has 0 saturated heterocycles. The van der Waals surface area contributed by atoms with Gasteiger partial charge in [-0.05, 0) is 56.5 Å². The molecule has 1 aromatic heterocycles. The number of amides is 1. The van der Waals surface area contributed by atoms with Crippen LogP contribution in [-0.4, -0.2) is 23.0 Å².